The summed E-state index contributed by atoms with van der Waals surface area (Å²) in [5, 5.41) is 3.26. The predicted octanol–water partition coefficient (Wildman–Crippen LogP) is 0.561. The van der Waals surface area contributed by atoms with Gasteiger partial charge in [-0.2, -0.15) is 0 Å². The zero-order valence-electron chi connectivity index (χ0n) is 9.14. The van der Waals surface area contributed by atoms with Crippen LogP contribution in [0.25, 0.3) is 0 Å². The van der Waals surface area contributed by atoms with E-state index in [0.717, 1.165) is 6.61 Å². The zero-order valence-corrected chi connectivity index (χ0v) is 9.14. The molecule has 1 atom stereocenters. The van der Waals surface area contributed by atoms with E-state index in [2.05, 4.69) is 38.2 Å². The number of rotatable bonds is 5. The molecule has 0 aliphatic rings. The van der Waals surface area contributed by atoms with Crippen LogP contribution in [0, 0.1) is 0 Å². The molecule has 0 saturated carbocycles. The average Bonchev–Trinajstić information content (AvgIpc) is 1.99. The predicted molar refractivity (Wildman–Crippen MR) is 52.5 cm³/mol. The third-order valence-electron chi connectivity index (χ3n) is 2.69. The lowest BCUT2D eigenvalue weighted by molar-refractivity contribution is 0.0755. The Morgan fingerprint density at radius 2 is 1.92 bits per heavy atom. The molecule has 0 amide bonds. The second kappa shape index (κ2) is 4.80. The first-order valence-corrected chi connectivity index (χ1v) is 4.30. The number of ether oxygens (including phenoxy) is 1. The van der Waals surface area contributed by atoms with Gasteiger partial charge in [-0.1, -0.05) is 0 Å². The molecule has 74 valence electrons. The number of hydrogen-bond donors (Lipinski definition) is 1. The van der Waals surface area contributed by atoms with Crippen LogP contribution < -0.4 is 5.32 Å². The standard InChI is InChI=1S/C9H22N2O/c1-9(2,11(4)5)8(10-3)7-12-6/h8,10H,7H2,1-6H3. The average molecular weight is 174 g/mol. The molecule has 12 heavy (non-hydrogen) atoms. The van der Waals surface area contributed by atoms with Gasteiger partial charge in [0.05, 0.1) is 6.61 Å². The van der Waals surface area contributed by atoms with Crippen molar-refractivity contribution in [2.75, 3.05) is 34.9 Å². The Morgan fingerprint density at radius 3 is 2.17 bits per heavy atom. The quantitative estimate of drug-likeness (QED) is 0.659. The van der Waals surface area contributed by atoms with Gasteiger partial charge in [0.25, 0.3) is 0 Å². The van der Waals surface area contributed by atoms with E-state index in [1.165, 1.54) is 0 Å². The summed E-state index contributed by atoms with van der Waals surface area (Å²) < 4.78 is 5.14. The van der Waals surface area contributed by atoms with Crippen LogP contribution in [0.4, 0.5) is 0 Å². The molecule has 0 fully saturated rings. The van der Waals surface area contributed by atoms with Gasteiger partial charge in [-0.25, -0.2) is 0 Å². The summed E-state index contributed by atoms with van der Waals surface area (Å²) in [6.45, 7) is 5.14. The maximum absolute atomic E-state index is 5.14. The van der Waals surface area contributed by atoms with Crippen molar-refractivity contribution in [3.8, 4) is 0 Å². The zero-order chi connectivity index (χ0) is 9.78. The van der Waals surface area contributed by atoms with E-state index >= 15 is 0 Å². The second-order valence-corrected chi connectivity index (χ2v) is 3.84. The lowest BCUT2D eigenvalue weighted by atomic mass is 9.94. The summed E-state index contributed by atoms with van der Waals surface area (Å²) in [5.74, 6) is 0. The van der Waals surface area contributed by atoms with Gasteiger partial charge in [0.1, 0.15) is 0 Å². The molecular weight excluding hydrogens is 152 g/mol. The monoisotopic (exact) mass is 174 g/mol. The van der Waals surface area contributed by atoms with Gasteiger partial charge in [-0.05, 0) is 35.0 Å². The molecule has 0 radical (unpaired) electrons. The van der Waals surface area contributed by atoms with E-state index in [1.54, 1.807) is 7.11 Å². The molecule has 0 aliphatic heterocycles. The number of methoxy groups -OCH3 is 1. The van der Waals surface area contributed by atoms with Crippen LogP contribution in [0.15, 0.2) is 0 Å². The van der Waals surface area contributed by atoms with Gasteiger partial charge in [-0.15, -0.1) is 0 Å². The summed E-state index contributed by atoms with van der Waals surface area (Å²) in [5.41, 5.74) is 0.116. The van der Waals surface area contributed by atoms with Crippen molar-refractivity contribution in [2.45, 2.75) is 25.4 Å². The molecule has 3 heteroatoms. The van der Waals surface area contributed by atoms with Crippen molar-refractivity contribution >= 4 is 0 Å². The van der Waals surface area contributed by atoms with Crippen molar-refractivity contribution in [3.63, 3.8) is 0 Å². The van der Waals surface area contributed by atoms with E-state index in [1.807, 2.05) is 7.05 Å². The molecule has 1 unspecified atom stereocenters. The van der Waals surface area contributed by atoms with Gasteiger partial charge in [-0.3, -0.25) is 0 Å². The lowest BCUT2D eigenvalue weighted by Gasteiger charge is -2.39. The number of nitrogens with one attached hydrogen (secondary N) is 1. The molecule has 1 N–H and O–H groups in total. The first-order valence-electron chi connectivity index (χ1n) is 4.30. The van der Waals surface area contributed by atoms with Gasteiger partial charge in [0, 0.05) is 18.7 Å². The van der Waals surface area contributed by atoms with Crippen LogP contribution in [0.1, 0.15) is 13.8 Å². The van der Waals surface area contributed by atoms with Gasteiger partial charge in [0.2, 0.25) is 0 Å². The lowest BCUT2D eigenvalue weighted by Crippen LogP contribution is -2.56. The first-order chi connectivity index (χ1) is 5.46. The van der Waals surface area contributed by atoms with Crippen molar-refractivity contribution in [1.29, 1.82) is 0 Å². The fourth-order valence-corrected chi connectivity index (χ4v) is 1.12. The third kappa shape index (κ3) is 2.73. The number of nitrogens with zero attached hydrogens (tertiary/aromatic N) is 1. The molecule has 0 heterocycles. The van der Waals surface area contributed by atoms with Crippen LogP contribution in [0.5, 0.6) is 0 Å². The molecule has 0 bridgehead atoms. The normalized spacial score (nSPS) is 15.2. The highest BCUT2D eigenvalue weighted by Crippen LogP contribution is 2.15. The second-order valence-electron chi connectivity index (χ2n) is 3.84. The Morgan fingerprint density at radius 1 is 1.42 bits per heavy atom. The molecule has 0 spiro atoms. The maximum Gasteiger partial charge on any atom is 0.0633 e. The van der Waals surface area contributed by atoms with Crippen LogP contribution >= 0.6 is 0 Å². The van der Waals surface area contributed by atoms with Crippen molar-refractivity contribution in [3.05, 3.63) is 0 Å². The van der Waals surface area contributed by atoms with E-state index in [-0.39, 0.29) is 5.54 Å². The van der Waals surface area contributed by atoms with E-state index in [9.17, 15) is 0 Å². The number of likely N-dealkylation sites (N-methyl/N-ethyl adjacent to an activating group) is 2. The topological polar surface area (TPSA) is 24.5 Å². The molecule has 0 aromatic carbocycles. The Kier molecular flexibility index (Phi) is 4.75. The molecule has 3 nitrogen and oxygen atoms in total. The largest absolute Gasteiger partial charge is 0.383 e. The van der Waals surface area contributed by atoms with Crippen molar-refractivity contribution in [1.82, 2.24) is 10.2 Å². The minimum Gasteiger partial charge on any atom is -0.383 e. The van der Waals surface area contributed by atoms with E-state index < -0.39 is 0 Å². The fraction of sp³-hybridized carbons (Fsp3) is 1.00. The van der Waals surface area contributed by atoms with Crippen LogP contribution in [0.2, 0.25) is 0 Å². The summed E-state index contributed by atoms with van der Waals surface area (Å²) in [7, 11) is 7.87. The first kappa shape index (κ1) is 11.9. The highest BCUT2D eigenvalue weighted by Gasteiger charge is 2.30. The van der Waals surface area contributed by atoms with Crippen LogP contribution in [-0.2, 0) is 4.74 Å². The molecule has 0 aromatic rings. The molecule has 0 rings (SSSR count). The highest BCUT2D eigenvalue weighted by atomic mass is 16.5. The Hall–Kier alpha value is -0.120. The van der Waals surface area contributed by atoms with Crippen LogP contribution in [-0.4, -0.2) is 51.3 Å². The van der Waals surface area contributed by atoms with Gasteiger partial charge < -0.3 is 15.0 Å². The minimum absolute atomic E-state index is 0.116. The van der Waals surface area contributed by atoms with Gasteiger partial charge >= 0.3 is 0 Å². The van der Waals surface area contributed by atoms with E-state index in [4.69, 9.17) is 4.74 Å². The van der Waals surface area contributed by atoms with Crippen molar-refractivity contribution in [2.24, 2.45) is 0 Å². The Bertz CT molecular complexity index is 124. The minimum atomic E-state index is 0.116. The van der Waals surface area contributed by atoms with E-state index in [0.29, 0.717) is 6.04 Å². The molecule has 0 aromatic heterocycles. The highest BCUT2D eigenvalue weighted by molar-refractivity contribution is 4.90. The summed E-state index contributed by atoms with van der Waals surface area (Å²) in [6.07, 6.45) is 0. The van der Waals surface area contributed by atoms with Crippen molar-refractivity contribution < 1.29 is 4.74 Å². The third-order valence-corrected chi connectivity index (χ3v) is 2.69. The number of hydrogen-bond acceptors (Lipinski definition) is 3. The summed E-state index contributed by atoms with van der Waals surface area (Å²) in [4.78, 5) is 2.20. The fourth-order valence-electron chi connectivity index (χ4n) is 1.12. The summed E-state index contributed by atoms with van der Waals surface area (Å²) in [6, 6.07) is 0.359. The molecule has 0 aliphatic carbocycles. The molecule has 0 saturated heterocycles. The Balaban J connectivity index is 4.25. The maximum atomic E-state index is 5.14. The smallest absolute Gasteiger partial charge is 0.0633 e. The summed E-state index contributed by atoms with van der Waals surface area (Å²) >= 11 is 0. The van der Waals surface area contributed by atoms with Crippen LogP contribution in [0.3, 0.4) is 0 Å². The van der Waals surface area contributed by atoms with Gasteiger partial charge in [0.15, 0.2) is 0 Å². The Labute approximate surface area is 76.1 Å². The molecular formula is C9H22N2O. The SMILES string of the molecule is CNC(COC)C(C)(C)N(C)C.